The molecule has 1 saturated heterocycles. The van der Waals surface area contributed by atoms with Crippen molar-refractivity contribution in [3.05, 3.63) is 17.5 Å². The van der Waals surface area contributed by atoms with Gasteiger partial charge in [-0.05, 0) is 32.4 Å². The van der Waals surface area contributed by atoms with Crippen LogP contribution in [0.1, 0.15) is 17.7 Å². The summed E-state index contributed by atoms with van der Waals surface area (Å²) in [6, 6.07) is 0. The molecule has 2 heterocycles. The predicted molar refractivity (Wildman–Crippen MR) is 65.6 cm³/mol. The van der Waals surface area contributed by atoms with E-state index in [1.165, 1.54) is 4.90 Å². The number of aromatic amines is 1. The lowest BCUT2D eigenvalue weighted by Gasteiger charge is -2.18. The highest BCUT2D eigenvalue weighted by atomic mass is 19.4. The van der Waals surface area contributed by atoms with Crippen LogP contribution in [0.2, 0.25) is 0 Å². The fourth-order valence-corrected chi connectivity index (χ4v) is 2.44. The van der Waals surface area contributed by atoms with Crippen LogP contribution in [0, 0.1) is 12.8 Å². The summed E-state index contributed by atoms with van der Waals surface area (Å²) in [6.07, 6.45) is -1.49. The van der Waals surface area contributed by atoms with Gasteiger partial charge in [0.2, 0.25) is 0 Å². The van der Waals surface area contributed by atoms with E-state index < -0.39 is 12.7 Å². The summed E-state index contributed by atoms with van der Waals surface area (Å²) in [6.45, 7) is 3.68. The lowest BCUT2D eigenvalue weighted by atomic mass is 10.1. The Hall–Kier alpha value is -1.08. The SMILES string of the molecule is Cc1[nH]ncc1CNC[C@@H]1CCN(CC(F)(F)F)C1. The Labute approximate surface area is 110 Å². The summed E-state index contributed by atoms with van der Waals surface area (Å²) in [5.74, 6) is 0.301. The first-order valence-corrected chi connectivity index (χ1v) is 6.43. The van der Waals surface area contributed by atoms with Crippen LogP contribution < -0.4 is 5.32 Å². The van der Waals surface area contributed by atoms with Crippen molar-refractivity contribution in [3.8, 4) is 0 Å². The Morgan fingerprint density at radius 2 is 2.32 bits per heavy atom. The number of aromatic nitrogens is 2. The van der Waals surface area contributed by atoms with Crippen molar-refractivity contribution in [1.29, 1.82) is 0 Å². The van der Waals surface area contributed by atoms with Crippen molar-refractivity contribution in [1.82, 2.24) is 20.4 Å². The van der Waals surface area contributed by atoms with Crippen LogP contribution in [-0.2, 0) is 6.54 Å². The zero-order valence-electron chi connectivity index (χ0n) is 10.9. The highest BCUT2D eigenvalue weighted by Crippen LogP contribution is 2.22. The third-order valence-electron chi connectivity index (χ3n) is 3.46. The van der Waals surface area contributed by atoms with Crippen molar-refractivity contribution in [3.63, 3.8) is 0 Å². The third kappa shape index (κ3) is 4.50. The van der Waals surface area contributed by atoms with E-state index in [0.717, 1.165) is 24.2 Å². The van der Waals surface area contributed by atoms with Crippen LogP contribution in [0.3, 0.4) is 0 Å². The molecule has 1 aliphatic heterocycles. The molecule has 0 saturated carbocycles. The molecule has 0 aromatic carbocycles. The van der Waals surface area contributed by atoms with E-state index in [4.69, 9.17) is 0 Å². The minimum Gasteiger partial charge on any atom is -0.312 e. The fourth-order valence-electron chi connectivity index (χ4n) is 2.44. The number of H-pyrrole nitrogens is 1. The van der Waals surface area contributed by atoms with Gasteiger partial charge in [0.25, 0.3) is 0 Å². The van der Waals surface area contributed by atoms with Gasteiger partial charge in [-0.25, -0.2) is 0 Å². The van der Waals surface area contributed by atoms with Gasteiger partial charge in [-0.2, -0.15) is 18.3 Å². The average molecular weight is 276 g/mol. The Bertz CT molecular complexity index is 402. The molecule has 4 nitrogen and oxygen atoms in total. The van der Waals surface area contributed by atoms with Gasteiger partial charge >= 0.3 is 6.18 Å². The number of likely N-dealkylation sites (tertiary alicyclic amines) is 1. The quantitative estimate of drug-likeness (QED) is 0.860. The molecule has 0 amide bonds. The zero-order valence-corrected chi connectivity index (χ0v) is 10.9. The van der Waals surface area contributed by atoms with E-state index >= 15 is 0 Å². The molecule has 19 heavy (non-hydrogen) atoms. The molecule has 1 atom stereocenters. The van der Waals surface area contributed by atoms with E-state index in [1.807, 2.05) is 6.92 Å². The molecule has 0 bridgehead atoms. The first-order valence-electron chi connectivity index (χ1n) is 6.43. The Kier molecular flexibility index (Phi) is 4.46. The number of halogens is 3. The fraction of sp³-hybridized carbons (Fsp3) is 0.750. The molecule has 1 aromatic rings. The predicted octanol–water partition coefficient (Wildman–Crippen LogP) is 1.69. The Morgan fingerprint density at radius 1 is 1.53 bits per heavy atom. The smallest absolute Gasteiger partial charge is 0.312 e. The van der Waals surface area contributed by atoms with Gasteiger partial charge in [0.05, 0.1) is 12.7 Å². The number of hydrogen-bond acceptors (Lipinski definition) is 3. The third-order valence-corrected chi connectivity index (χ3v) is 3.46. The summed E-state index contributed by atoms with van der Waals surface area (Å²) in [4.78, 5) is 1.48. The maximum atomic E-state index is 12.2. The second-order valence-corrected chi connectivity index (χ2v) is 5.16. The summed E-state index contributed by atoms with van der Waals surface area (Å²) >= 11 is 0. The van der Waals surface area contributed by atoms with E-state index in [0.29, 0.717) is 25.6 Å². The monoisotopic (exact) mass is 276 g/mol. The van der Waals surface area contributed by atoms with E-state index in [-0.39, 0.29) is 0 Å². The lowest BCUT2D eigenvalue weighted by Crippen LogP contribution is -2.33. The standard InChI is InChI=1S/C12H19F3N4/c1-9-11(6-17-18-9)5-16-4-10-2-3-19(7-10)8-12(13,14)15/h6,10,16H,2-5,7-8H2,1H3,(H,17,18)/t10-/m0/s1. The van der Waals surface area contributed by atoms with E-state index in [9.17, 15) is 13.2 Å². The first-order chi connectivity index (χ1) is 8.94. The van der Waals surface area contributed by atoms with Gasteiger partial charge in [-0.1, -0.05) is 0 Å². The number of hydrogen-bond donors (Lipinski definition) is 2. The van der Waals surface area contributed by atoms with Crippen molar-refractivity contribution >= 4 is 0 Å². The summed E-state index contributed by atoms with van der Waals surface area (Å²) in [7, 11) is 0. The average Bonchev–Trinajstić information content (AvgIpc) is 2.87. The largest absolute Gasteiger partial charge is 0.401 e. The highest BCUT2D eigenvalue weighted by Gasteiger charge is 2.34. The second kappa shape index (κ2) is 5.92. The number of nitrogens with one attached hydrogen (secondary N) is 2. The van der Waals surface area contributed by atoms with Gasteiger partial charge < -0.3 is 5.32 Å². The number of rotatable bonds is 5. The van der Waals surface area contributed by atoms with Crippen LogP contribution in [-0.4, -0.2) is 47.5 Å². The van der Waals surface area contributed by atoms with Crippen LogP contribution in [0.5, 0.6) is 0 Å². The lowest BCUT2D eigenvalue weighted by molar-refractivity contribution is -0.143. The van der Waals surface area contributed by atoms with Gasteiger partial charge in [-0.15, -0.1) is 0 Å². The molecule has 2 N–H and O–H groups in total. The molecule has 0 unspecified atom stereocenters. The maximum absolute atomic E-state index is 12.2. The van der Waals surface area contributed by atoms with Gasteiger partial charge in [-0.3, -0.25) is 10.00 Å². The van der Waals surface area contributed by atoms with Crippen molar-refractivity contribution < 1.29 is 13.2 Å². The molecular formula is C12H19F3N4. The van der Waals surface area contributed by atoms with Crippen molar-refractivity contribution in [2.45, 2.75) is 26.1 Å². The maximum Gasteiger partial charge on any atom is 0.401 e. The van der Waals surface area contributed by atoms with Gasteiger partial charge in [0.15, 0.2) is 0 Å². The molecule has 1 aliphatic rings. The van der Waals surface area contributed by atoms with Crippen LogP contribution in [0.4, 0.5) is 13.2 Å². The number of aryl methyl sites for hydroxylation is 1. The van der Waals surface area contributed by atoms with Gasteiger partial charge in [0.1, 0.15) is 0 Å². The minimum absolute atomic E-state index is 0.301. The molecule has 0 aliphatic carbocycles. The molecule has 2 rings (SSSR count). The Morgan fingerprint density at radius 3 is 2.95 bits per heavy atom. The van der Waals surface area contributed by atoms with E-state index in [1.54, 1.807) is 6.20 Å². The second-order valence-electron chi connectivity index (χ2n) is 5.16. The summed E-state index contributed by atoms with van der Waals surface area (Å²) in [5, 5.41) is 10.1. The topological polar surface area (TPSA) is 44.0 Å². The molecule has 1 fully saturated rings. The molecule has 0 spiro atoms. The molecule has 0 radical (unpaired) electrons. The molecule has 1 aromatic heterocycles. The van der Waals surface area contributed by atoms with Crippen molar-refractivity contribution in [2.24, 2.45) is 5.92 Å². The first kappa shape index (κ1) is 14.3. The molecular weight excluding hydrogens is 257 g/mol. The zero-order chi connectivity index (χ0) is 13.9. The highest BCUT2D eigenvalue weighted by molar-refractivity contribution is 5.13. The van der Waals surface area contributed by atoms with E-state index in [2.05, 4.69) is 15.5 Å². The van der Waals surface area contributed by atoms with Crippen LogP contribution >= 0.6 is 0 Å². The minimum atomic E-state index is -4.09. The Balaban J connectivity index is 1.67. The number of nitrogens with zero attached hydrogens (tertiary/aromatic N) is 2. The van der Waals surface area contributed by atoms with Crippen LogP contribution in [0.15, 0.2) is 6.20 Å². The summed E-state index contributed by atoms with van der Waals surface area (Å²) < 4.78 is 36.7. The van der Waals surface area contributed by atoms with Crippen molar-refractivity contribution in [2.75, 3.05) is 26.2 Å². The molecule has 7 heteroatoms. The van der Waals surface area contributed by atoms with Gasteiger partial charge in [0, 0.05) is 24.3 Å². The molecule has 108 valence electrons. The normalized spacial score (nSPS) is 21.2. The number of alkyl halides is 3. The summed E-state index contributed by atoms with van der Waals surface area (Å²) in [5.41, 5.74) is 2.13. The van der Waals surface area contributed by atoms with Crippen LogP contribution in [0.25, 0.3) is 0 Å².